The zero-order chi connectivity index (χ0) is 21.5. The van der Waals surface area contributed by atoms with Crippen molar-refractivity contribution in [3.8, 4) is 5.75 Å². The molecule has 0 aliphatic carbocycles. The van der Waals surface area contributed by atoms with E-state index >= 15 is 0 Å². The number of nitrogens with zero attached hydrogens (tertiary/aromatic N) is 2. The molecule has 1 fully saturated rings. The predicted molar refractivity (Wildman–Crippen MR) is 108 cm³/mol. The first-order valence-corrected chi connectivity index (χ1v) is 9.60. The van der Waals surface area contributed by atoms with E-state index in [1.54, 1.807) is 55.5 Å². The van der Waals surface area contributed by atoms with E-state index in [1.165, 1.54) is 4.90 Å². The second kappa shape index (κ2) is 9.69. The second-order valence-electron chi connectivity index (χ2n) is 6.66. The molecule has 1 radical (unpaired) electrons. The lowest BCUT2D eigenvalue weighted by atomic mass is 10.1. The molecular formula is C22H22N3O5. The van der Waals surface area contributed by atoms with Gasteiger partial charge in [-0.3, -0.25) is 24.6 Å². The quantitative estimate of drug-likeness (QED) is 0.557. The smallest absolute Gasteiger partial charge is 0.327 e. The average molecular weight is 408 g/mol. The molecule has 1 saturated heterocycles. The topological polar surface area (TPSA) is 96.0 Å². The molecule has 1 aliphatic heterocycles. The van der Waals surface area contributed by atoms with Crippen LogP contribution in [-0.4, -0.2) is 53.6 Å². The highest BCUT2D eigenvalue weighted by molar-refractivity contribution is 6.38. The van der Waals surface area contributed by atoms with Crippen molar-refractivity contribution in [2.24, 2.45) is 0 Å². The normalized spacial score (nSPS) is 15.0. The zero-order valence-electron chi connectivity index (χ0n) is 16.5. The highest BCUT2D eigenvalue weighted by Gasteiger charge is 2.36. The Labute approximate surface area is 174 Å². The molecule has 0 aromatic heterocycles. The number of carbonyl (C=O) groups is 3. The van der Waals surface area contributed by atoms with Gasteiger partial charge in [0, 0.05) is 31.6 Å². The van der Waals surface area contributed by atoms with Gasteiger partial charge in [0.2, 0.25) is 6.29 Å². The van der Waals surface area contributed by atoms with E-state index in [4.69, 9.17) is 4.74 Å². The summed E-state index contributed by atoms with van der Waals surface area (Å²) in [5.41, 5.74) is 1.46. The van der Waals surface area contributed by atoms with Gasteiger partial charge in [-0.05, 0) is 24.6 Å². The maximum absolute atomic E-state index is 12.8. The van der Waals surface area contributed by atoms with Crippen LogP contribution < -0.4 is 10.1 Å². The maximum atomic E-state index is 12.8. The van der Waals surface area contributed by atoms with Crippen LogP contribution >= 0.6 is 0 Å². The first kappa shape index (κ1) is 21.0. The summed E-state index contributed by atoms with van der Waals surface area (Å²) in [6.07, 6.45) is 1.13. The molecule has 0 spiro atoms. The molecule has 30 heavy (non-hydrogen) atoms. The number of hydrogen-bond acceptors (Lipinski definition) is 5. The Hall–Kier alpha value is -3.68. The Bertz CT molecular complexity index is 914. The van der Waals surface area contributed by atoms with Crippen LogP contribution in [0.1, 0.15) is 24.3 Å². The first-order chi connectivity index (χ1) is 14.5. The van der Waals surface area contributed by atoms with Crippen LogP contribution in [0.15, 0.2) is 54.6 Å². The highest BCUT2D eigenvalue weighted by Crippen LogP contribution is 2.21. The Balaban J connectivity index is 1.76. The van der Waals surface area contributed by atoms with Crippen LogP contribution in [-0.2, 0) is 20.8 Å². The van der Waals surface area contributed by atoms with E-state index < -0.39 is 24.1 Å². The molecule has 2 aromatic carbocycles. The van der Waals surface area contributed by atoms with Crippen LogP contribution in [0.2, 0.25) is 0 Å². The summed E-state index contributed by atoms with van der Waals surface area (Å²) >= 11 is 0. The van der Waals surface area contributed by atoms with Gasteiger partial charge in [-0.25, -0.2) is 4.79 Å². The molecule has 0 bridgehead atoms. The van der Waals surface area contributed by atoms with Gasteiger partial charge in [0.05, 0.1) is 0 Å². The third kappa shape index (κ3) is 4.83. The fraction of sp³-hybridized carbons (Fsp3) is 0.273. The monoisotopic (exact) mass is 408 g/mol. The van der Waals surface area contributed by atoms with E-state index in [9.17, 15) is 19.2 Å². The number of rotatable bonds is 7. The van der Waals surface area contributed by atoms with E-state index in [1.807, 2.05) is 12.4 Å². The van der Waals surface area contributed by atoms with Crippen molar-refractivity contribution in [1.82, 2.24) is 15.1 Å². The number of ether oxygens (including phenoxy) is 1. The Morgan fingerprint density at radius 2 is 1.77 bits per heavy atom. The Morgan fingerprint density at radius 1 is 1.07 bits per heavy atom. The number of amides is 4. The number of imide groups is 1. The summed E-state index contributed by atoms with van der Waals surface area (Å²) in [5.74, 6) is -1.09. The molecule has 8 nitrogen and oxygen atoms in total. The Kier molecular flexibility index (Phi) is 6.79. The summed E-state index contributed by atoms with van der Waals surface area (Å²) in [6, 6.07) is 15.1. The summed E-state index contributed by atoms with van der Waals surface area (Å²) < 4.78 is 5.94. The van der Waals surface area contributed by atoms with Crippen molar-refractivity contribution in [3.05, 3.63) is 65.7 Å². The molecule has 4 amide bonds. The summed E-state index contributed by atoms with van der Waals surface area (Å²) in [6.45, 7) is 2.59. The van der Waals surface area contributed by atoms with E-state index in [-0.39, 0.29) is 13.0 Å². The van der Waals surface area contributed by atoms with Crippen LogP contribution in [0.4, 0.5) is 4.79 Å². The molecule has 1 aliphatic rings. The average Bonchev–Trinajstić information content (AvgIpc) is 2.77. The van der Waals surface area contributed by atoms with Gasteiger partial charge in [-0.15, -0.1) is 0 Å². The summed E-state index contributed by atoms with van der Waals surface area (Å²) in [7, 11) is 0. The third-order valence-corrected chi connectivity index (χ3v) is 4.75. The molecular weight excluding hydrogens is 386 g/mol. The fourth-order valence-corrected chi connectivity index (χ4v) is 3.07. The maximum Gasteiger partial charge on any atom is 0.327 e. The molecule has 1 unspecified atom stereocenters. The standard InChI is InChI=1S/C22H22N3O5/c1-2-24-13-14-25(21(28)20(24)27)22(29)23-19(17-6-4-3-5-7-17)30-18-10-8-16(9-11-18)12-15-26/h3-11,19H,2,12-14H2,1H3,(H,23,29). The van der Waals surface area contributed by atoms with Crippen LogP contribution in [0.25, 0.3) is 0 Å². The van der Waals surface area contributed by atoms with Crippen molar-refractivity contribution in [2.75, 3.05) is 19.6 Å². The Morgan fingerprint density at radius 3 is 2.40 bits per heavy atom. The number of carbonyl (C=O) groups excluding carboxylic acids is 4. The number of benzene rings is 2. The van der Waals surface area contributed by atoms with Crippen LogP contribution in [0.3, 0.4) is 0 Å². The lowest BCUT2D eigenvalue weighted by Gasteiger charge is -2.32. The van der Waals surface area contributed by atoms with E-state index in [0.717, 1.165) is 10.5 Å². The number of hydrogen-bond donors (Lipinski definition) is 1. The fourth-order valence-electron chi connectivity index (χ4n) is 3.07. The van der Waals surface area contributed by atoms with Crippen LogP contribution in [0, 0.1) is 0 Å². The van der Waals surface area contributed by atoms with Gasteiger partial charge in [0.15, 0.2) is 6.23 Å². The lowest BCUT2D eigenvalue weighted by molar-refractivity contribution is -0.153. The van der Waals surface area contributed by atoms with Crippen molar-refractivity contribution >= 4 is 24.1 Å². The number of urea groups is 1. The van der Waals surface area contributed by atoms with Gasteiger partial charge in [-0.2, -0.15) is 0 Å². The van der Waals surface area contributed by atoms with Crippen LogP contribution in [0.5, 0.6) is 5.75 Å². The SMILES string of the molecule is CCN1CCN(C(=O)NC(Oc2ccc(C[C]=O)cc2)c2ccccc2)C(=O)C1=O. The van der Waals surface area contributed by atoms with E-state index in [0.29, 0.717) is 24.4 Å². The molecule has 0 saturated carbocycles. The van der Waals surface area contributed by atoms with Crippen molar-refractivity contribution in [3.63, 3.8) is 0 Å². The molecule has 155 valence electrons. The molecule has 3 rings (SSSR count). The van der Waals surface area contributed by atoms with E-state index in [2.05, 4.69) is 5.32 Å². The number of piperazine rings is 1. The summed E-state index contributed by atoms with van der Waals surface area (Å²) in [5, 5.41) is 2.69. The second-order valence-corrected chi connectivity index (χ2v) is 6.66. The molecule has 8 heteroatoms. The predicted octanol–water partition coefficient (Wildman–Crippen LogP) is 1.82. The molecule has 1 atom stereocenters. The van der Waals surface area contributed by atoms with Crippen molar-refractivity contribution in [2.45, 2.75) is 19.6 Å². The molecule has 2 aromatic rings. The minimum Gasteiger partial charge on any atom is -0.466 e. The third-order valence-electron chi connectivity index (χ3n) is 4.75. The minimum absolute atomic E-state index is 0.114. The van der Waals surface area contributed by atoms with Gasteiger partial charge in [-0.1, -0.05) is 42.5 Å². The largest absolute Gasteiger partial charge is 0.466 e. The van der Waals surface area contributed by atoms with Crippen molar-refractivity contribution < 1.29 is 23.9 Å². The van der Waals surface area contributed by atoms with Gasteiger partial charge in [0.1, 0.15) is 5.75 Å². The zero-order valence-corrected chi connectivity index (χ0v) is 16.5. The minimum atomic E-state index is -0.880. The molecule has 1 heterocycles. The number of likely N-dealkylation sites (N-methyl/N-ethyl adjacent to an activating group) is 1. The highest BCUT2D eigenvalue weighted by atomic mass is 16.5. The summed E-state index contributed by atoms with van der Waals surface area (Å²) in [4.78, 5) is 50.0. The first-order valence-electron chi connectivity index (χ1n) is 9.60. The number of nitrogens with one attached hydrogen (secondary N) is 1. The lowest BCUT2D eigenvalue weighted by Crippen LogP contribution is -2.58. The van der Waals surface area contributed by atoms with Crippen molar-refractivity contribution in [1.29, 1.82) is 0 Å². The van der Waals surface area contributed by atoms with Gasteiger partial charge >= 0.3 is 17.8 Å². The van der Waals surface area contributed by atoms with Gasteiger partial charge < -0.3 is 9.64 Å². The van der Waals surface area contributed by atoms with Gasteiger partial charge in [0.25, 0.3) is 0 Å². The molecule has 1 N–H and O–H groups in total.